The molecule has 0 aliphatic rings. The van der Waals surface area contributed by atoms with Crippen LogP contribution in [0.1, 0.15) is 22.3 Å². The van der Waals surface area contributed by atoms with Gasteiger partial charge in [0.1, 0.15) is 0 Å². The fourth-order valence-corrected chi connectivity index (χ4v) is 8.26. The van der Waals surface area contributed by atoms with Crippen molar-refractivity contribution in [2.45, 2.75) is 27.7 Å². The van der Waals surface area contributed by atoms with Gasteiger partial charge in [-0.2, -0.15) is 0 Å². The Bertz CT molecular complexity index is 3020. The van der Waals surface area contributed by atoms with E-state index in [4.69, 9.17) is 14.7 Å². The van der Waals surface area contributed by atoms with Gasteiger partial charge in [0, 0.05) is 52.9 Å². The number of hydrogen-bond donors (Lipinski definition) is 0. The summed E-state index contributed by atoms with van der Waals surface area (Å²) in [5.74, 6) is 1.20. The first-order valence-corrected chi connectivity index (χ1v) is 17.2. The fraction of sp³-hybridized carbons (Fsp3) is 0.0870. The predicted molar refractivity (Wildman–Crippen MR) is 208 cm³/mol. The predicted octanol–water partition coefficient (Wildman–Crippen LogP) is 11.6. The second-order valence-electron chi connectivity index (χ2n) is 13.5. The zero-order valence-electron chi connectivity index (χ0n) is 29.1. The van der Waals surface area contributed by atoms with Gasteiger partial charge in [0.15, 0.2) is 0 Å². The maximum Gasteiger partial charge on any atom is 2.00 e. The molecule has 10 rings (SSSR count). The molecule has 6 aromatic carbocycles. The first-order valence-electron chi connectivity index (χ1n) is 17.2. The van der Waals surface area contributed by atoms with Crippen LogP contribution in [0.5, 0.6) is 11.5 Å². The third-order valence-electron chi connectivity index (χ3n) is 10.4. The Labute approximate surface area is 315 Å². The van der Waals surface area contributed by atoms with Gasteiger partial charge in [-0.05, 0) is 83.5 Å². The molecule has 0 saturated carbocycles. The van der Waals surface area contributed by atoms with Crippen molar-refractivity contribution < 1.29 is 25.8 Å². The molecule has 0 fully saturated rings. The molecular weight excluding hydrogens is 820 g/mol. The van der Waals surface area contributed by atoms with Gasteiger partial charge in [0.2, 0.25) is 0 Å². The topological polar surface area (TPSA) is 43.8 Å². The van der Waals surface area contributed by atoms with Crippen molar-refractivity contribution in [2.75, 3.05) is 0 Å². The Balaban J connectivity index is 0.00000360. The van der Waals surface area contributed by atoms with E-state index in [1.54, 1.807) is 0 Å². The van der Waals surface area contributed by atoms with Gasteiger partial charge in [0.25, 0.3) is 0 Å². The minimum atomic E-state index is 0. The van der Waals surface area contributed by atoms with E-state index < -0.39 is 0 Å². The van der Waals surface area contributed by atoms with E-state index in [1.165, 1.54) is 49.9 Å². The molecular formula is C46H32N4OPt. The number of hydrogen-bond acceptors (Lipinski definition) is 3. The Morgan fingerprint density at radius 3 is 1.71 bits per heavy atom. The molecule has 0 aliphatic carbocycles. The van der Waals surface area contributed by atoms with Gasteiger partial charge < -0.3 is 13.5 Å². The Hall–Kier alpha value is -5.77. The molecule has 0 saturated heterocycles. The van der Waals surface area contributed by atoms with Crippen LogP contribution in [-0.4, -0.2) is 18.8 Å². The third-order valence-corrected chi connectivity index (χ3v) is 10.4. The van der Waals surface area contributed by atoms with Crippen LogP contribution in [0.4, 0.5) is 0 Å². The molecule has 0 bridgehead atoms. The van der Waals surface area contributed by atoms with Crippen molar-refractivity contribution >= 4 is 54.6 Å². The largest absolute Gasteiger partial charge is 2.00 e. The zero-order valence-corrected chi connectivity index (χ0v) is 31.3. The SMILES string of the molecule is Cc1cccc(C)c1-c1cccc2c1c1ccc(Oc3[c-]c4c(cc3)c3cccc(-c5c(C)cccc5C)c3n3ccnc43)[c-]c1c1nccn21.[Pt+2]. The molecule has 0 N–H and O–H groups in total. The first kappa shape index (κ1) is 32.2. The third kappa shape index (κ3) is 4.73. The summed E-state index contributed by atoms with van der Waals surface area (Å²) in [7, 11) is 0. The number of imidazole rings is 2. The number of fused-ring (bicyclic) bond motifs is 12. The van der Waals surface area contributed by atoms with Crippen LogP contribution < -0.4 is 4.74 Å². The van der Waals surface area contributed by atoms with Crippen LogP contribution in [0.25, 0.3) is 76.9 Å². The summed E-state index contributed by atoms with van der Waals surface area (Å²) >= 11 is 0. The number of ether oxygens (including phenoxy) is 1. The molecule has 6 heteroatoms. The number of nitrogens with zero attached hydrogens (tertiary/aromatic N) is 4. The molecule has 4 heterocycles. The molecule has 0 radical (unpaired) electrons. The van der Waals surface area contributed by atoms with E-state index in [-0.39, 0.29) is 21.1 Å². The second kappa shape index (κ2) is 12.2. The Kier molecular flexibility index (Phi) is 7.53. The quantitative estimate of drug-likeness (QED) is 0.131. The summed E-state index contributed by atoms with van der Waals surface area (Å²) in [4.78, 5) is 9.60. The number of aromatic nitrogens is 4. The van der Waals surface area contributed by atoms with Gasteiger partial charge >= 0.3 is 21.1 Å². The maximum absolute atomic E-state index is 6.56. The molecule has 0 unspecified atom stereocenters. The van der Waals surface area contributed by atoms with Crippen LogP contribution in [0.2, 0.25) is 0 Å². The smallest absolute Gasteiger partial charge is 0.497 e. The van der Waals surface area contributed by atoms with Crippen LogP contribution in [0.15, 0.2) is 122 Å². The van der Waals surface area contributed by atoms with Crippen molar-refractivity contribution in [3.63, 3.8) is 0 Å². The molecule has 5 nitrogen and oxygen atoms in total. The summed E-state index contributed by atoms with van der Waals surface area (Å²) in [5, 5.41) is 6.29. The minimum absolute atomic E-state index is 0. The number of benzene rings is 6. The van der Waals surface area contributed by atoms with Crippen molar-refractivity contribution in [1.29, 1.82) is 0 Å². The van der Waals surface area contributed by atoms with E-state index in [1.807, 2.05) is 36.9 Å². The zero-order chi connectivity index (χ0) is 34.4. The van der Waals surface area contributed by atoms with E-state index >= 15 is 0 Å². The van der Waals surface area contributed by atoms with Gasteiger partial charge in [0.05, 0.1) is 11.3 Å². The van der Waals surface area contributed by atoms with E-state index in [9.17, 15) is 0 Å². The van der Waals surface area contributed by atoms with E-state index in [2.05, 4.69) is 134 Å². The summed E-state index contributed by atoms with van der Waals surface area (Å²) < 4.78 is 10.9. The summed E-state index contributed by atoms with van der Waals surface area (Å²) in [5.41, 5.74) is 13.8. The van der Waals surface area contributed by atoms with Crippen LogP contribution in [0, 0.1) is 39.8 Å². The minimum Gasteiger partial charge on any atom is -0.497 e. The molecule has 252 valence electrons. The standard InChI is InChI=1S/C46H32N4O.Pt/c1-27-9-5-10-28(2)41(27)36-14-8-16-40-43(36)34-20-18-32(26-39(34)45-47-21-23-49(40)45)51-31-17-19-33-35-13-7-15-37(42-29(3)11-6-12-30(42)4)44(35)50-24-22-48-46(50)38(33)25-31;/h5-24H,1-4H3;/q-2;+2. The van der Waals surface area contributed by atoms with Gasteiger partial charge in [-0.25, -0.2) is 0 Å². The van der Waals surface area contributed by atoms with Gasteiger partial charge in [-0.15, -0.1) is 12.1 Å². The first-order chi connectivity index (χ1) is 25.0. The average Bonchev–Trinajstić information content (AvgIpc) is 3.83. The Morgan fingerprint density at radius 2 is 1.04 bits per heavy atom. The molecule has 0 amide bonds. The van der Waals surface area contributed by atoms with Gasteiger partial charge in [-0.1, -0.05) is 113 Å². The summed E-state index contributed by atoms with van der Waals surface area (Å²) in [6, 6.07) is 41.5. The maximum atomic E-state index is 6.56. The van der Waals surface area contributed by atoms with Gasteiger partial charge in [-0.3, -0.25) is 9.97 Å². The normalized spacial score (nSPS) is 11.7. The van der Waals surface area contributed by atoms with Crippen molar-refractivity contribution in [3.8, 4) is 33.8 Å². The van der Waals surface area contributed by atoms with Crippen molar-refractivity contribution in [2.24, 2.45) is 0 Å². The fourth-order valence-electron chi connectivity index (χ4n) is 8.26. The second-order valence-corrected chi connectivity index (χ2v) is 13.5. The van der Waals surface area contributed by atoms with Crippen molar-refractivity contribution in [3.05, 3.63) is 156 Å². The number of pyridine rings is 2. The van der Waals surface area contributed by atoms with E-state index in [0.29, 0.717) is 11.5 Å². The van der Waals surface area contributed by atoms with Crippen LogP contribution in [0.3, 0.4) is 0 Å². The van der Waals surface area contributed by atoms with Crippen LogP contribution in [-0.2, 0) is 21.1 Å². The molecule has 0 aliphatic heterocycles. The number of aryl methyl sites for hydroxylation is 4. The van der Waals surface area contributed by atoms with E-state index in [0.717, 1.165) is 49.3 Å². The van der Waals surface area contributed by atoms with Crippen molar-refractivity contribution in [1.82, 2.24) is 18.8 Å². The molecule has 52 heavy (non-hydrogen) atoms. The average molecular weight is 852 g/mol. The number of para-hydroxylation sites is 1. The summed E-state index contributed by atoms with van der Waals surface area (Å²) in [6.45, 7) is 8.72. The Morgan fingerprint density at radius 1 is 0.519 bits per heavy atom. The molecule has 4 aromatic heterocycles. The number of rotatable bonds is 4. The molecule has 10 aromatic rings. The monoisotopic (exact) mass is 851 g/mol. The molecule has 0 spiro atoms. The molecule has 0 atom stereocenters. The van der Waals surface area contributed by atoms with Crippen LogP contribution >= 0.6 is 0 Å². The summed E-state index contributed by atoms with van der Waals surface area (Å²) in [6.07, 6.45) is 7.78.